The van der Waals surface area contributed by atoms with E-state index in [9.17, 15) is 4.79 Å². The molecule has 4 aromatic rings. The van der Waals surface area contributed by atoms with Crippen LogP contribution in [-0.2, 0) is 4.79 Å². The van der Waals surface area contributed by atoms with Gasteiger partial charge in [-0.25, -0.2) is 4.98 Å². The van der Waals surface area contributed by atoms with Crippen LogP contribution < -0.4 is 5.32 Å². The number of nitrogens with zero attached hydrogens (tertiary/aromatic N) is 3. The minimum Gasteiger partial charge on any atom is -0.353 e. The predicted molar refractivity (Wildman–Crippen MR) is 102 cm³/mol. The molecule has 0 aromatic carbocycles. The summed E-state index contributed by atoms with van der Waals surface area (Å²) in [6.45, 7) is 3.50. The first-order chi connectivity index (χ1) is 12.6. The van der Waals surface area contributed by atoms with E-state index >= 15 is 0 Å². The van der Waals surface area contributed by atoms with E-state index in [1.54, 1.807) is 18.6 Å². The molecule has 0 aliphatic carbocycles. The molecule has 6 nitrogen and oxygen atoms in total. The van der Waals surface area contributed by atoms with Gasteiger partial charge in [-0.2, -0.15) is 0 Å². The van der Waals surface area contributed by atoms with Gasteiger partial charge in [0.05, 0.1) is 28.0 Å². The number of aryl methyl sites for hydroxylation is 1. The summed E-state index contributed by atoms with van der Waals surface area (Å²) >= 11 is 0. The van der Waals surface area contributed by atoms with E-state index in [0.29, 0.717) is 5.82 Å². The van der Waals surface area contributed by atoms with Crippen molar-refractivity contribution in [1.29, 1.82) is 0 Å². The Hall–Kier alpha value is -3.54. The van der Waals surface area contributed by atoms with E-state index < -0.39 is 0 Å². The molecule has 0 saturated heterocycles. The number of aromatic amines is 1. The highest BCUT2D eigenvalue weighted by atomic mass is 16.1. The number of carbonyl (C=O) groups is 1. The first-order valence-electron chi connectivity index (χ1n) is 8.25. The maximum absolute atomic E-state index is 11.3. The van der Waals surface area contributed by atoms with Crippen molar-refractivity contribution in [3.63, 3.8) is 0 Å². The van der Waals surface area contributed by atoms with E-state index in [4.69, 9.17) is 0 Å². The predicted octanol–water partition coefficient (Wildman–Crippen LogP) is 3.95. The Morgan fingerprint density at radius 2 is 1.88 bits per heavy atom. The van der Waals surface area contributed by atoms with Crippen molar-refractivity contribution in [2.75, 3.05) is 5.32 Å². The summed E-state index contributed by atoms with van der Waals surface area (Å²) in [5, 5.41) is 2.72. The van der Waals surface area contributed by atoms with Crippen molar-refractivity contribution in [3.05, 3.63) is 60.6 Å². The molecule has 0 aliphatic heterocycles. The summed E-state index contributed by atoms with van der Waals surface area (Å²) in [7, 11) is 0. The van der Waals surface area contributed by atoms with E-state index in [0.717, 1.165) is 39.1 Å². The van der Waals surface area contributed by atoms with Crippen molar-refractivity contribution in [1.82, 2.24) is 19.9 Å². The summed E-state index contributed by atoms with van der Waals surface area (Å²) in [6, 6.07) is 11.6. The number of anilines is 1. The van der Waals surface area contributed by atoms with Gasteiger partial charge < -0.3 is 10.3 Å². The Morgan fingerprint density at radius 3 is 2.69 bits per heavy atom. The summed E-state index contributed by atoms with van der Waals surface area (Å²) in [5.41, 5.74) is 6.50. The summed E-state index contributed by atoms with van der Waals surface area (Å²) in [5.74, 6) is 0.346. The highest BCUT2D eigenvalue weighted by Gasteiger charge is 2.17. The van der Waals surface area contributed by atoms with Gasteiger partial charge in [0.15, 0.2) is 0 Å². The number of pyridine rings is 3. The zero-order valence-electron chi connectivity index (χ0n) is 14.4. The fourth-order valence-electron chi connectivity index (χ4n) is 2.99. The lowest BCUT2D eigenvalue weighted by Gasteiger charge is -2.07. The number of fused-ring (bicyclic) bond motifs is 1. The molecule has 6 heteroatoms. The highest BCUT2D eigenvalue weighted by molar-refractivity contribution is 6.01. The molecule has 2 N–H and O–H groups in total. The third-order valence-corrected chi connectivity index (χ3v) is 4.08. The van der Waals surface area contributed by atoms with Crippen molar-refractivity contribution in [2.24, 2.45) is 0 Å². The smallest absolute Gasteiger partial charge is 0.222 e. The molecular weight excluding hydrogens is 326 g/mol. The van der Waals surface area contributed by atoms with E-state index in [2.05, 4.69) is 25.3 Å². The van der Waals surface area contributed by atoms with Crippen LogP contribution in [0.15, 0.2) is 55.0 Å². The second-order valence-corrected chi connectivity index (χ2v) is 6.10. The molecule has 26 heavy (non-hydrogen) atoms. The molecule has 0 saturated carbocycles. The van der Waals surface area contributed by atoms with Gasteiger partial charge in [-0.05, 0) is 48.9 Å². The first kappa shape index (κ1) is 16.0. The fraction of sp³-hybridized carbons (Fsp3) is 0.100. The quantitative estimate of drug-likeness (QED) is 0.590. The number of nitrogens with one attached hydrogen (secondary N) is 2. The molecule has 0 unspecified atom stereocenters. The molecule has 4 heterocycles. The maximum atomic E-state index is 11.3. The monoisotopic (exact) mass is 343 g/mol. The average molecular weight is 343 g/mol. The number of hydrogen-bond donors (Lipinski definition) is 2. The number of rotatable bonds is 3. The number of amides is 1. The topological polar surface area (TPSA) is 83.6 Å². The first-order valence-corrected chi connectivity index (χ1v) is 8.25. The van der Waals surface area contributed by atoms with E-state index in [1.807, 2.05) is 43.3 Å². The minimum atomic E-state index is -0.159. The fourth-order valence-corrected chi connectivity index (χ4v) is 2.99. The summed E-state index contributed by atoms with van der Waals surface area (Å²) in [4.78, 5) is 28.1. The largest absolute Gasteiger partial charge is 0.353 e. The molecule has 0 fully saturated rings. The summed E-state index contributed by atoms with van der Waals surface area (Å²) < 4.78 is 0. The highest BCUT2D eigenvalue weighted by Crippen LogP contribution is 2.36. The zero-order chi connectivity index (χ0) is 18.1. The number of carbonyl (C=O) groups excluding carboxylic acids is 1. The summed E-state index contributed by atoms with van der Waals surface area (Å²) in [6.07, 6.45) is 5.24. The molecule has 4 aromatic heterocycles. The average Bonchev–Trinajstić information content (AvgIpc) is 3.01. The second kappa shape index (κ2) is 6.40. The van der Waals surface area contributed by atoms with E-state index in [-0.39, 0.29) is 5.91 Å². The standard InChI is InChI=1S/C20H17N5O/c1-12-5-8-21-16(10-12)18-19(25-15-4-3-7-23-20(15)18)14-6-9-22-17(11-14)24-13(2)26/h3-11,25H,1-2H3,(H,22,24,26). The molecular formula is C20H17N5O. The molecule has 0 atom stereocenters. The Labute approximate surface area is 150 Å². The normalized spacial score (nSPS) is 10.8. The third-order valence-electron chi connectivity index (χ3n) is 4.08. The van der Waals surface area contributed by atoms with Crippen molar-refractivity contribution in [3.8, 4) is 22.5 Å². The Morgan fingerprint density at radius 1 is 1.04 bits per heavy atom. The molecule has 0 bridgehead atoms. The van der Waals surface area contributed by atoms with Crippen molar-refractivity contribution >= 4 is 22.8 Å². The van der Waals surface area contributed by atoms with Crippen molar-refractivity contribution in [2.45, 2.75) is 13.8 Å². The van der Waals surface area contributed by atoms with Gasteiger partial charge in [0.1, 0.15) is 5.82 Å². The zero-order valence-corrected chi connectivity index (χ0v) is 14.4. The molecule has 128 valence electrons. The van der Waals surface area contributed by atoms with Crippen LogP contribution in [0, 0.1) is 6.92 Å². The maximum Gasteiger partial charge on any atom is 0.222 e. The van der Waals surface area contributed by atoms with Crippen LogP contribution in [0.5, 0.6) is 0 Å². The van der Waals surface area contributed by atoms with Crippen LogP contribution in [0.4, 0.5) is 5.82 Å². The van der Waals surface area contributed by atoms with Crippen LogP contribution >= 0.6 is 0 Å². The lowest BCUT2D eigenvalue weighted by Crippen LogP contribution is -2.07. The van der Waals surface area contributed by atoms with E-state index in [1.165, 1.54) is 6.92 Å². The van der Waals surface area contributed by atoms with Gasteiger partial charge in [-0.1, -0.05) is 0 Å². The number of hydrogen-bond acceptors (Lipinski definition) is 4. The molecule has 1 amide bonds. The van der Waals surface area contributed by atoms with Crippen LogP contribution in [0.2, 0.25) is 0 Å². The third kappa shape index (κ3) is 2.93. The molecule has 0 spiro atoms. The van der Waals surface area contributed by atoms with Crippen LogP contribution in [0.25, 0.3) is 33.5 Å². The van der Waals surface area contributed by atoms with Gasteiger partial charge in [0, 0.05) is 31.1 Å². The SMILES string of the molecule is CC(=O)Nc1cc(-c2[nH]c3cccnc3c2-c2cc(C)ccn2)ccn1. The lowest BCUT2D eigenvalue weighted by atomic mass is 10.0. The lowest BCUT2D eigenvalue weighted by molar-refractivity contribution is -0.114. The van der Waals surface area contributed by atoms with Gasteiger partial charge in [0.2, 0.25) is 5.91 Å². The van der Waals surface area contributed by atoms with Gasteiger partial charge in [-0.3, -0.25) is 14.8 Å². The van der Waals surface area contributed by atoms with Crippen molar-refractivity contribution < 1.29 is 4.79 Å². The Kier molecular flexibility index (Phi) is 3.93. The van der Waals surface area contributed by atoms with Gasteiger partial charge >= 0.3 is 0 Å². The van der Waals surface area contributed by atoms with Gasteiger partial charge in [-0.15, -0.1) is 0 Å². The van der Waals surface area contributed by atoms with Crippen LogP contribution in [-0.4, -0.2) is 25.8 Å². The minimum absolute atomic E-state index is 0.159. The van der Waals surface area contributed by atoms with Crippen LogP contribution in [0.3, 0.4) is 0 Å². The Balaban J connectivity index is 1.96. The van der Waals surface area contributed by atoms with Gasteiger partial charge in [0.25, 0.3) is 0 Å². The molecule has 0 radical (unpaired) electrons. The molecule has 0 aliphatic rings. The molecule has 4 rings (SSSR count). The number of aromatic nitrogens is 4. The van der Waals surface area contributed by atoms with Crippen LogP contribution in [0.1, 0.15) is 12.5 Å². The Bertz CT molecular complexity index is 1120. The number of H-pyrrole nitrogens is 1. The second-order valence-electron chi connectivity index (χ2n) is 6.10.